The molecule has 1 fully saturated rings. The predicted molar refractivity (Wildman–Crippen MR) is 134 cm³/mol. The molecule has 1 atom stereocenters. The van der Waals surface area contributed by atoms with Crippen molar-refractivity contribution in [2.45, 2.75) is 32.9 Å². The summed E-state index contributed by atoms with van der Waals surface area (Å²) in [6, 6.07) is 15.0. The van der Waals surface area contributed by atoms with E-state index in [1.165, 1.54) is 40.3 Å². The van der Waals surface area contributed by atoms with Crippen LogP contribution in [0.15, 0.2) is 48.7 Å². The Morgan fingerprint density at radius 3 is 2.91 bits per heavy atom. The molecular formula is C27H33N3O2S. The highest BCUT2D eigenvalue weighted by Crippen LogP contribution is 2.40. The van der Waals surface area contributed by atoms with Crippen LogP contribution in [0.5, 0.6) is 11.5 Å². The fraction of sp³-hybridized carbons (Fsp3) is 0.444. The number of hydrogen-bond acceptors (Lipinski definition) is 6. The Hall–Kier alpha value is -2.41. The molecule has 2 aliphatic heterocycles. The lowest BCUT2D eigenvalue weighted by Gasteiger charge is -2.29. The molecule has 0 saturated carbocycles. The van der Waals surface area contributed by atoms with Crippen LogP contribution in [0.2, 0.25) is 0 Å². The molecule has 5 rings (SSSR count). The van der Waals surface area contributed by atoms with Crippen LogP contribution < -0.4 is 9.47 Å². The van der Waals surface area contributed by atoms with E-state index in [0.717, 1.165) is 50.0 Å². The predicted octanol–water partition coefficient (Wildman–Crippen LogP) is 5.23. The summed E-state index contributed by atoms with van der Waals surface area (Å²) in [6.45, 7) is 8.35. The van der Waals surface area contributed by atoms with Gasteiger partial charge in [0.05, 0.1) is 12.3 Å². The van der Waals surface area contributed by atoms with Gasteiger partial charge in [0.1, 0.15) is 6.61 Å². The first-order valence-electron chi connectivity index (χ1n) is 11.9. The summed E-state index contributed by atoms with van der Waals surface area (Å²) in [4.78, 5) is 11.9. The molecule has 5 nitrogen and oxygen atoms in total. The van der Waals surface area contributed by atoms with Gasteiger partial charge < -0.3 is 14.4 Å². The van der Waals surface area contributed by atoms with Gasteiger partial charge in [0.2, 0.25) is 0 Å². The molecule has 0 bridgehead atoms. The highest BCUT2D eigenvalue weighted by Gasteiger charge is 2.23. The van der Waals surface area contributed by atoms with Crippen molar-refractivity contribution in [3.8, 4) is 21.9 Å². The third-order valence-electron chi connectivity index (χ3n) is 6.51. The van der Waals surface area contributed by atoms with Gasteiger partial charge >= 0.3 is 0 Å². The molecule has 2 aromatic heterocycles. The summed E-state index contributed by atoms with van der Waals surface area (Å²) >= 11 is 1.83. The molecule has 1 aromatic carbocycles. The number of nitrogens with zero attached hydrogens (tertiary/aromatic N) is 3. The van der Waals surface area contributed by atoms with E-state index in [4.69, 9.17) is 9.47 Å². The minimum absolute atomic E-state index is 0.568. The maximum Gasteiger partial charge on any atom is 0.165 e. The lowest BCUT2D eigenvalue weighted by atomic mass is 9.99. The Bertz CT molecular complexity index is 1070. The molecule has 33 heavy (non-hydrogen) atoms. The number of fused-ring (bicyclic) bond motifs is 1. The first-order chi connectivity index (χ1) is 16.1. The molecule has 0 aliphatic carbocycles. The molecule has 0 spiro atoms. The summed E-state index contributed by atoms with van der Waals surface area (Å²) in [5.74, 6) is 2.37. The van der Waals surface area contributed by atoms with E-state index >= 15 is 0 Å². The Morgan fingerprint density at radius 1 is 1.18 bits per heavy atom. The van der Waals surface area contributed by atoms with E-state index in [1.807, 2.05) is 23.6 Å². The lowest BCUT2D eigenvalue weighted by molar-refractivity contribution is 0.146. The number of aromatic nitrogens is 1. The minimum atomic E-state index is 0.568. The van der Waals surface area contributed by atoms with E-state index in [9.17, 15) is 0 Å². The van der Waals surface area contributed by atoms with Crippen LogP contribution in [0.25, 0.3) is 10.4 Å². The topological polar surface area (TPSA) is 37.8 Å². The molecule has 6 heteroatoms. The van der Waals surface area contributed by atoms with Gasteiger partial charge in [0.25, 0.3) is 0 Å². The molecular weight excluding hydrogens is 430 g/mol. The normalized spacial score (nSPS) is 19.5. The van der Waals surface area contributed by atoms with Crippen LogP contribution >= 0.6 is 11.3 Å². The van der Waals surface area contributed by atoms with E-state index in [1.54, 1.807) is 0 Å². The van der Waals surface area contributed by atoms with Crippen LogP contribution in [0.3, 0.4) is 0 Å². The van der Waals surface area contributed by atoms with Crippen molar-refractivity contribution in [1.82, 2.24) is 14.8 Å². The molecule has 3 aromatic rings. The Labute approximate surface area is 201 Å². The molecule has 0 N–H and O–H groups in total. The molecule has 4 heterocycles. The summed E-state index contributed by atoms with van der Waals surface area (Å²) in [7, 11) is 2.21. The van der Waals surface area contributed by atoms with Crippen LogP contribution in [0.4, 0.5) is 0 Å². The second-order valence-corrected chi connectivity index (χ2v) is 10.6. The van der Waals surface area contributed by atoms with Gasteiger partial charge in [-0.15, -0.1) is 11.3 Å². The second-order valence-electron chi connectivity index (χ2n) is 9.33. The smallest absolute Gasteiger partial charge is 0.165 e. The zero-order chi connectivity index (χ0) is 22.6. The molecule has 1 unspecified atom stereocenters. The lowest BCUT2D eigenvalue weighted by Crippen LogP contribution is -2.34. The Kier molecular flexibility index (Phi) is 6.95. The average molecular weight is 464 g/mol. The molecule has 1 saturated heterocycles. The van der Waals surface area contributed by atoms with Crippen LogP contribution in [-0.4, -0.2) is 54.7 Å². The van der Waals surface area contributed by atoms with Crippen molar-refractivity contribution < 1.29 is 9.47 Å². The molecule has 0 amide bonds. The number of pyridine rings is 1. The van der Waals surface area contributed by atoms with E-state index < -0.39 is 0 Å². The number of rotatable bonds is 6. The number of ether oxygens (including phenoxy) is 2. The van der Waals surface area contributed by atoms with Crippen LogP contribution in [-0.2, 0) is 13.1 Å². The molecule has 2 aliphatic rings. The maximum absolute atomic E-state index is 6.49. The van der Waals surface area contributed by atoms with Crippen molar-refractivity contribution in [3.63, 3.8) is 0 Å². The summed E-state index contributed by atoms with van der Waals surface area (Å²) in [5.41, 5.74) is 3.50. The van der Waals surface area contributed by atoms with Crippen molar-refractivity contribution in [2.75, 3.05) is 39.9 Å². The van der Waals surface area contributed by atoms with Crippen molar-refractivity contribution in [1.29, 1.82) is 0 Å². The van der Waals surface area contributed by atoms with E-state index in [2.05, 4.69) is 65.2 Å². The largest absolute Gasteiger partial charge is 0.489 e. The maximum atomic E-state index is 6.49. The number of piperidine rings is 1. The van der Waals surface area contributed by atoms with E-state index in [0.29, 0.717) is 12.5 Å². The van der Waals surface area contributed by atoms with Crippen molar-refractivity contribution in [2.24, 2.45) is 5.92 Å². The number of thiophene rings is 1. The SMILES string of the molecule is Cc1ccc(-c2cc3c(c(OCC4CCCN(C)C4)c2)OCCN(Cc2ccccn2)C3)s1. The summed E-state index contributed by atoms with van der Waals surface area (Å²) in [5, 5.41) is 0. The summed E-state index contributed by atoms with van der Waals surface area (Å²) < 4.78 is 12.8. The zero-order valence-corrected chi connectivity index (χ0v) is 20.4. The highest BCUT2D eigenvalue weighted by atomic mass is 32.1. The van der Waals surface area contributed by atoms with Gasteiger partial charge in [-0.05, 0) is 75.3 Å². The molecule has 174 valence electrons. The number of likely N-dealkylation sites (tertiary alicyclic amines) is 1. The fourth-order valence-corrected chi connectivity index (χ4v) is 5.70. The van der Waals surface area contributed by atoms with Crippen molar-refractivity contribution in [3.05, 3.63) is 64.8 Å². The number of benzene rings is 1. The first kappa shape index (κ1) is 22.4. The van der Waals surface area contributed by atoms with Gasteiger partial charge in [0.15, 0.2) is 11.5 Å². The minimum Gasteiger partial charge on any atom is -0.489 e. The Balaban J connectivity index is 1.42. The fourth-order valence-electron chi connectivity index (χ4n) is 4.85. The van der Waals surface area contributed by atoms with Gasteiger partial charge in [-0.25, -0.2) is 0 Å². The zero-order valence-electron chi connectivity index (χ0n) is 19.6. The summed E-state index contributed by atoms with van der Waals surface area (Å²) in [6.07, 6.45) is 4.34. The standard InChI is InChI=1S/C27H33N3O2S/c1-20-8-9-26(33-20)22-14-23-17-30(18-24-7-3-4-10-28-24)12-13-31-27(23)25(15-22)32-19-21-6-5-11-29(2)16-21/h3-4,7-10,14-15,21H,5-6,11-13,16-19H2,1-2H3. The molecule has 0 radical (unpaired) electrons. The first-order valence-corrected chi connectivity index (χ1v) is 12.8. The monoisotopic (exact) mass is 463 g/mol. The third kappa shape index (κ3) is 5.57. The second kappa shape index (κ2) is 10.2. The third-order valence-corrected chi connectivity index (χ3v) is 7.56. The van der Waals surface area contributed by atoms with Gasteiger partial charge in [-0.3, -0.25) is 9.88 Å². The van der Waals surface area contributed by atoms with Crippen molar-refractivity contribution >= 4 is 11.3 Å². The van der Waals surface area contributed by atoms with Crippen LogP contribution in [0.1, 0.15) is 29.0 Å². The van der Waals surface area contributed by atoms with E-state index in [-0.39, 0.29) is 0 Å². The quantitative estimate of drug-likeness (QED) is 0.500. The highest BCUT2D eigenvalue weighted by molar-refractivity contribution is 7.15. The average Bonchev–Trinajstić information content (AvgIpc) is 3.15. The number of hydrogen-bond donors (Lipinski definition) is 0. The van der Waals surface area contributed by atoms with Gasteiger partial charge in [-0.1, -0.05) is 6.07 Å². The van der Waals surface area contributed by atoms with Gasteiger partial charge in [0, 0.05) is 53.6 Å². The number of aryl methyl sites for hydroxylation is 1. The van der Waals surface area contributed by atoms with Crippen LogP contribution in [0, 0.1) is 12.8 Å². The van der Waals surface area contributed by atoms with Gasteiger partial charge in [-0.2, -0.15) is 0 Å². The Morgan fingerprint density at radius 2 is 2.12 bits per heavy atom.